The molecule has 0 spiro atoms. The van der Waals surface area contributed by atoms with E-state index in [-0.39, 0.29) is 49.5 Å². The van der Waals surface area contributed by atoms with E-state index in [0.29, 0.717) is 36.8 Å². The Bertz CT molecular complexity index is 1360. The number of ether oxygens (including phenoxy) is 2. The number of aromatic nitrogens is 4. The first-order valence-corrected chi connectivity index (χ1v) is 13.8. The number of piperidine rings is 1. The molecule has 0 aliphatic carbocycles. The summed E-state index contributed by atoms with van der Waals surface area (Å²) in [5.74, 6) is -0.176. The molecular weight excluding hydrogens is 553 g/mol. The van der Waals surface area contributed by atoms with E-state index in [1.54, 1.807) is 18.7 Å². The molecule has 1 aromatic carbocycles. The van der Waals surface area contributed by atoms with E-state index in [1.807, 2.05) is 24.3 Å². The van der Waals surface area contributed by atoms with E-state index in [1.165, 1.54) is 12.4 Å². The smallest absolute Gasteiger partial charge is 0.419 e. The second kappa shape index (κ2) is 14.1. The average molecular weight is 587 g/mol. The van der Waals surface area contributed by atoms with Crippen molar-refractivity contribution >= 4 is 23.7 Å². The number of nitrogens with zero attached hydrogens (tertiary/aromatic N) is 5. The maximum absolute atomic E-state index is 13.8. The number of hydrogen-bond donors (Lipinski definition) is 1. The Hall–Kier alpha value is -4.29. The minimum Gasteiger partial charge on any atom is -0.466 e. The maximum atomic E-state index is 13.8. The van der Waals surface area contributed by atoms with E-state index >= 15 is 0 Å². The van der Waals surface area contributed by atoms with Gasteiger partial charge in [-0.3, -0.25) is 14.8 Å². The van der Waals surface area contributed by atoms with Crippen molar-refractivity contribution in [1.82, 2.24) is 24.8 Å². The van der Waals surface area contributed by atoms with Gasteiger partial charge in [0.05, 0.1) is 42.3 Å². The van der Waals surface area contributed by atoms with Crippen LogP contribution < -0.4 is 5.32 Å². The van der Waals surface area contributed by atoms with Crippen LogP contribution in [-0.4, -0.2) is 63.2 Å². The number of benzene rings is 1. The largest absolute Gasteiger partial charge is 0.466 e. The lowest BCUT2D eigenvalue weighted by molar-refractivity contribution is -0.142. The second-order valence-corrected chi connectivity index (χ2v) is 9.69. The van der Waals surface area contributed by atoms with Crippen molar-refractivity contribution in [3.8, 4) is 0 Å². The Balaban J connectivity index is 1.44. The predicted octanol–water partition coefficient (Wildman–Crippen LogP) is 5.26. The average Bonchev–Trinajstić information content (AvgIpc) is 2.97. The van der Waals surface area contributed by atoms with E-state index in [4.69, 9.17) is 9.47 Å². The zero-order valence-corrected chi connectivity index (χ0v) is 23.5. The van der Waals surface area contributed by atoms with Crippen molar-refractivity contribution in [2.75, 3.05) is 31.6 Å². The van der Waals surface area contributed by atoms with Gasteiger partial charge in [-0.15, -0.1) is 0 Å². The summed E-state index contributed by atoms with van der Waals surface area (Å²) in [4.78, 5) is 42.1. The summed E-state index contributed by atoms with van der Waals surface area (Å²) in [6.45, 7) is 5.25. The Morgan fingerprint density at radius 1 is 0.929 bits per heavy atom. The maximum Gasteiger partial charge on any atom is 0.419 e. The molecular formula is C29H33F3N6O4. The number of alkyl halides is 3. The lowest BCUT2D eigenvalue weighted by Gasteiger charge is -2.31. The third kappa shape index (κ3) is 8.14. The number of anilines is 2. The highest BCUT2D eigenvalue weighted by molar-refractivity contribution is 5.72. The van der Waals surface area contributed by atoms with Crippen molar-refractivity contribution in [3.05, 3.63) is 71.1 Å². The standard InChI is InChI=1S/C29H33F3N6O4/c1-3-41-26(39)17-25-24(33-13-14-34-25)10-9-23-22(29(30,31)32)18-35-27(37-23)36-21-7-5-19(6-8-21)20-11-15-38(16-12-20)28(40)42-4-2/h5-8,13-14,18,20H,3-4,9-12,15-17H2,1-2H3,(H,35,36,37). The van der Waals surface area contributed by atoms with Crippen LogP contribution in [0.25, 0.3) is 0 Å². The molecule has 10 nitrogen and oxygen atoms in total. The van der Waals surface area contributed by atoms with Crippen LogP contribution >= 0.6 is 0 Å². The molecule has 1 aliphatic heterocycles. The summed E-state index contributed by atoms with van der Waals surface area (Å²) in [5, 5.41) is 2.99. The molecule has 42 heavy (non-hydrogen) atoms. The zero-order valence-electron chi connectivity index (χ0n) is 23.5. The quantitative estimate of drug-likeness (QED) is 0.318. The van der Waals surface area contributed by atoms with Gasteiger partial charge in [-0.25, -0.2) is 14.8 Å². The van der Waals surface area contributed by atoms with Crippen LogP contribution in [0.4, 0.5) is 29.6 Å². The van der Waals surface area contributed by atoms with Crippen molar-refractivity contribution in [2.45, 2.75) is 58.0 Å². The van der Waals surface area contributed by atoms with Gasteiger partial charge in [0.2, 0.25) is 5.95 Å². The first kappa shape index (κ1) is 30.7. The summed E-state index contributed by atoms with van der Waals surface area (Å²) in [6, 6.07) is 7.57. The number of esters is 1. The first-order valence-electron chi connectivity index (χ1n) is 13.8. The summed E-state index contributed by atoms with van der Waals surface area (Å²) >= 11 is 0. The van der Waals surface area contributed by atoms with Crippen LogP contribution in [0.1, 0.15) is 60.8 Å². The Morgan fingerprint density at radius 3 is 2.21 bits per heavy atom. The normalized spacial score (nSPS) is 14.0. The lowest BCUT2D eigenvalue weighted by Crippen LogP contribution is -2.38. The van der Waals surface area contributed by atoms with E-state index < -0.39 is 17.7 Å². The number of aryl methyl sites for hydroxylation is 2. The summed E-state index contributed by atoms with van der Waals surface area (Å²) in [7, 11) is 0. The van der Waals surface area contributed by atoms with Gasteiger partial charge in [0.25, 0.3) is 0 Å². The van der Waals surface area contributed by atoms with Gasteiger partial charge in [-0.05, 0) is 63.1 Å². The molecule has 0 bridgehead atoms. The van der Waals surface area contributed by atoms with Crippen LogP contribution in [-0.2, 0) is 39.7 Å². The molecule has 0 saturated carbocycles. The summed E-state index contributed by atoms with van der Waals surface area (Å²) < 4.78 is 51.4. The van der Waals surface area contributed by atoms with Crippen LogP contribution in [0.5, 0.6) is 0 Å². The highest BCUT2D eigenvalue weighted by Gasteiger charge is 2.35. The van der Waals surface area contributed by atoms with E-state index in [2.05, 4.69) is 25.3 Å². The number of nitrogens with one attached hydrogen (secondary N) is 1. The first-order chi connectivity index (χ1) is 20.2. The van der Waals surface area contributed by atoms with Gasteiger partial charge in [0.15, 0.2) is 0 Å². The molecule has 1 aliphatic rings. The van der Waals surface area contributed by atoms with Gasteiger partial charge >= 0.3 is 18.2 Å². The number of amides is 1. The third-order valence-electron chi connectivity index (χ3n) is 6.91. The van der Waals surface area contributed by atoms with Crippen LogP contribution in [0.3, 0.4) is 0 Å². The minimum absolute atomic E-state index is 0.0272. The molecule has 1 saturated heterocycles. The lowest BCUT2D eigenvalue weighted by atomic mass is 9.89. The van der Waals surface area contributed by atoms with E-state index in [0.717, 1.165) is 24.6 Å². The number of halogens is 3. The SMILES string of the molecule is CCOC(=O)Cc1nccnc1CCc1nc(Nc2ccc(C3CCN(C(=O)OCC)CC3)cc2)ncc1C(F)(F)F. The molecule has 3 aromatic rings. The Labute approximate surface area is 241 Å². The van der Waals surface area contributed by atoms with Gasteiger partial charge in [-0.2, -0.15) is 13.2 Å². The van der Waals surface area contributed by atoms with Gasteiger partial charge in [0, 0.05) is 37.4 Å². The van der Waals surface area contributed by atoms with Gasteiger partial charge in [-0.1, -0.05) is 12.1 Å². The predicted molar refractivity (Wildman–Crippen MR) is 147 cm³/mol. The van der Waals surface area contributed by atoms with Crippen LogP contribution in [0.15, 0.2) is 42.9 Å². The minimum atomic E-state index is -4.64. The van der Waals surface area contributed by atoms with Crippen molar-refractivity contribution in [2.24, 2.45) is 0 Å². The zero-order chi connectivity index (χ0) is 30.1. The molecule has 0 unspecified atom stereocenters. The highest BCUT2D eigenvalue weighted by atomic mass is 19.4. The van der Waals surface area contributed by atoms with Crippen molar-refractivity contribution in [1.29, 1.82) is 0 Å². The number of likely N-dealkylation sites (tertiary alicyclic amines) is 1. The van der Waals surface area contributed by atoms with Gasteiger partial charge in [0.1, 0.15) is 0 Å². The topological polar surface area (TPSA) is 119 Å². The Morgan fingerprint density at radius 2 is 1.57 bits per heavy atom. The number of hydrogen-bond acceptors (Lipinski definition) is 9. The fourth-order valence-electron chi connectivity index (χ4n) is 4.82. The molecule has 1 fully saturated rings. The number of carbonyl (C=O) groups excluding carboxylic acids is 2. The fourth-order valence-corrected chi connectivity index (χ4v) is 4.82. The fraction of sp³-hybridized carbons (Fsp3) is 0.448. The third-order valence-corrected chi connectivity index (χ3v) is 6.91. The van der Waals surface area contributed by atoms with Crippen LogP contribution in [0, 0.1) is 0 Å². The molecule has 1 N–H and O–H groups in total. The Kier molecular flexibility index (Phi) is 10.3. The van der Waals surface area contributed by atoms with E-state index in [9.17, 15) is 22.8 Å². The molecule has 4 rings (SSSR count). The van der Waals surface area contributed by atoms with Gasteiger partial charge < -0.3 is 19.7 Å². The molecule has 0 radical (unpaired) electrons. The van der Waals surface area contributed by atoms with Crippen molar-refractivity contribution < 1.29 is 32.2 Å². The van der Waals surface area contributed by atoms with Crippen LogP contribution in [0.2, 0.25) is 0 Å². The molecule has 0 atom stereocenters. The monoisotopic (exact) mass is 586 g/mol. The highest BCUT2D eigenvalue weighted by Crippen LogP contribution is 2.33. The number of rotatable bonds is 10. The summed E-state index contributed by atoms with van der Waals surface area (Å²) in [6.07, 6.45) is 0.171. The molecule has 1 amide bonds. The molecule has 13 heteroatoms. The second-order valence-electron chi connectivity index (χ2n) is 9.69. The summed E-state index contributed by atoms with van der Waals surface area (Å²) in [5.41, 5.74) is 1.35. The number of carbonyl (C=O) groups is 2. The molecule has 2 aromatic heterocycles. The van der Waals surface area contributed by atoms with Crippen molar-refractivity contribution in [3.63, 3.8) is 0 Å². The molecule has 224 valence electrons. The molecule has 3 heterocycles.